The molecule has 1 fully saturated rings. The summed E-state index contributed by atoms with van der Waals surface area (Å²) in [6.07, 6.45) is 3.00. The summed E-state index contributed by atoms with van der Waals surface area (Å²) >= 11 is 0. The highest BCUT2D eigenvalue weighted by Gasteiger charge is 2.23. The van der Waals surface area contributed by atoms with E-state index in [2.05, 4.69) is 63.8 Å². The molecule has 0 saturated carbocycles. The van der Waals surface area contributed by atoms with Gasteiger partial charge in [-0.15, -0.1) is 0 Å². The van der Waals surface area contributed by atoms with Crippen molar-refractivity contribution in [2.24, 2.45) is 5.73 Å². The number of rotatable bonds is 10. The van der Waals surface area contributed by atoms with Crippen molar-refractivity contribution in [1.82, 2.24) is 14.9 Å². The van der Waals surface area contributed by atoms with Gasteiger partial charge in [-0.05, 0) is 50.1 Å². The van der Waals surface area contributed by atoms with Gasteiger partial charge in [-0.2, -0.15) is 4.98 Å². The molecule has 0 amide bonds. The maximum atomic E-state index is 5.67. The summed E-state index contributed by atoms with van der Waals surface area (Å²) < 4.78 is 5.67. The van der Waals surface area contributed by atoms with E-state index in [1.807, 2.05) is 18.2 Å². The van der Waals surface area contributed by atoms with E-state index in [0.29, 0.717) is 18.5 Å². The Balaban J connectivity index is 1.43. The second-order valence-electron chi connectivity index (χ2n) is 9.03. The summed E-state index contributed by atoms with van der Waals surface area (Å²) in [4.78, 5) is 14.1. The number of ether oxygens (including phenoxy) is 1. The molecule has 1 aromatic heterocycles. The molecule has 34 heavy (non-hydrogen) atoms. The quantitative estimate of drug-likeness (QED) is 0.393. The third kappa shape index (κ3) is 5.69. The summed E-state index contributed by atoms with van der Waals surface area (Å²) in [6.45, 7) is 4.34. The summed E-state index contributed by atoms with van der Waals surface area (Å²) in [6, 6.07) is 14.8. The van der Waals surface area contributed by atoms with E-state index in [0.717, 1.165) is 67.9 Å². The molecule has 0 unspecified atom stereocenters. The molecule has 4 N–H and O–H groups in total. The van der Waals surface area contributed by atoms with E-state index in [9.17, 15) is 0 Å². The zero-order chi connectivity index (χ0) is 23.9. The molecule has 3 aromatic rings. The fraction of sp³-hybridized carbons (Fsp3) is 0.462. The van der Waals surface area contributed by atoms with Crippen LogP contribution in [0.15, 0.2) is 42.5 Å². The number of nitrogens with two attached hydrogens (primary N) is 1. The Bertz CT molecular complexity index is 1080. The fourth-order valence-corrected chi connectivity index (χ4v) is 4.54. The molecule has 0 aliphatic carbocycles. The lowest BCUT2D eigenvalue weighted by atomic mass is 10.0. The third-order valence-electron chi connectivity index (χ3n) is 6.39. The highest BCUT2D eigenvalue weighted by Crippen LogP contribution is 2.31. The van der Waals surface area contributed by atoms with E-state index in [-0.39, 0.29) is 0 Å². The van der Waals surface area contributed by atoms with E-state index >= 15 is 0 Å². The monoisotopic (exact) mass is 463 g/mol. The summed E-state index contributed by atoms with van der Waals surface area (Å²) in [5.41, 5.74) is 9.03. The van der Waals surface area contributed by atoms with Crippen LogP contribution < -0.4 is 26.0 Å². The SMILES string of the molecule is COc1cccc(N(C)C)c1CN1CCC(Nc2nc(NCCCN)nc3ccccc23)CC1. The Labute approximate surface area is 202 Å². The number of nitrogens with one attached hydrogen (secondary N) is 2. The average Bonchev–Trinajstić information content (AvgIpc) is 2.85. The van der Waals surface area contributed by atoms with Crippen LogP contribution in [0.5, 0.6) is 5.75 Å². The standard InChI is InChI=1S/C26H37N7O/c1-32(2)23-10-6-11-24(34-3)21(23)18-33-16-12-19(13-17-33)29-25-20-8-4-5-9-22(20)30-26(31-25)28-15-7-14-27/h4-6,8-11,19H,7,12-18,27H2,1-3H3,(H2,28,29,30,31). The van der Waals surface area contributed by atoms with Crippen LogP contribution in [0, 0.1) is 0 Å². The summed E-state index contributed by atoms with van der Waals surface area (Å²) in [5, 5.41) is 8.08. The van der Waals surface area contributed by atoms with Gasteiger partial charge in [-0.25, -0.2) is 4.98 Å². The lowest BCUT2D eigenvalue weighted by Gasteiger charge is -2.34. The average molecular weight is 464 g/mol. The van der Waals surface area contributed by atoms with Crippen molar-refractivity contribution in [3.05, 3.63) is 48.0 Å². The number of fused-ring (bicyclic) bond motifs is 1. The molecule has 8 heteroatoms. The molecule has 2 heterocycles. The maximum Gasteiger partial charge on any atom is 0.225 e. The van der Waals surface area contributed by atoms with Crippen molar-refractivity contribution in [3.8, 4) is 5.75 Å². The maximum absolute atomic E-state index is 5.67. The van der Waals surface area contributed by atoms with Crippen LogP contribution in [0.2, 0.25) is 0 Å². The van der Waals surface area contributed by atoms with Crippen LogP contribution in [-0.4, -0.2) is 68.3 Å². The molecule has 4 rings (SSSR count). The molecule has 1 saturated heterocycles. The Kier molecular flexibility index (Phi) is 8.03. The number of hydrogen-bond acceptors (Lipinski definition) is 8. The van der Waals surface area contributed by atoms with Gasteiger partial charge in [0.25, 0.3) is 0 Å². The molecule has 0 bridgehead atoms. The van der Waals surface area contributed by atoms with Gasteiger partial charge in [0, 0.05) is 63.0 Å². The van der Waals surface area contributed by atoms with Gasteiger partial charge in [0.15, 0.2) is 0 Å². The van der Waals surface area contributed by atoms with Gasteiger partial charge < -0.3 is 26.0 Å². The lowest BCUT2D eigenvalue weighted by molar-refractivity contribution is 0.209. The fourth-order valence-electron chi connectivity index (χ4n) is 4.54. The molecule has 2 aromatic carbocycles. The molecule has 182 valence electrons. The predicted molar refractivity (Wildman–Crippen MR) is 141 cm³/mol. The van der Waals surface area contributed by atoms with E-state index < -0.39 is 0 Å². The van der Waals surface area contributed by atoms with Crippen LogP contribution in [0.4, 0.5) is 17.5 Å². The largest absolute Gasteiger partial charge is 0.496 e. The Hall–Kier alpha value is -3.10. The van der Waals surface area contributed by atoms with Gasteiger partial charge in [0.1, 0.15) is 11.6 Å². The Morgan fingerprint density at radius 1 is 1.09 bits per heavy atom. The van der Waals surface area contributed by atoms with Gasteiger partial charge in [0.2, 0.25) is 5.95 Å². The van der Waals surface area contributed by atoms with Crippen LogP contribution in [0.25, 0.3) is 10.9 Å². The highest BCUT2D eigenvalue weighted by molar-refractivity contribution is 5.90. The molecular weight excluding hydrogens is 426 g/mol. The van der Waals surface area contributed by atoms with Gasteiger partial charge >= 0.3 is 0 Å². The van der Waals surface area contributed by atoms with E-state index in [1.54, 1.807) is 7.11 Å². The van der Waals surface area contributed by atoms with E-state index in [1.165, 1.54) is 11.3 Å². The number of anilines is 3. The number of aromatic nitrogens is 2. The Morgan fingerprint density at radius 2 is 1.88 bits per heavy atom. The molecule has 1 aliphatic rings. The Morgan fingerprint density at radius 3 is 2.62 bits per heavy atom. The predicted octanol–water partition coefficient (Wildman–Crippen LogP) is 3.54. The second kappa shape index (κ2) is 11.4. The number of para-hydroxylation sites is 1. The van der Waals surface area contributed by atoms with Crippen LogP contribution in [-0.2, 0) is 6.54 Å². The number of benzene rings is 2. The van der Waals surface area contributed by atoms with Crippen molar-refractivity contribution in [1.29, 1.82) is 0 Å². The second-order valence-corrected chi connectivity index (χ2v) is 9.03. The number of nitrogens with zero attached hydrogens (tertiary/aromatic N) is 4. The van der Waals surface area contributed by atoms with Crippen LogP contribution in [0.3, 0.4) is 0 Å². The first-order chi connectivity index (χ1) is 16.6. The molecule has 8 nitrogen and oxygen atoms in total. The molecule has 0 atom stereocenters. The third-order valence-corrected chi connectivity index (χ3v) is 6.39. The van der Waals surface area contributed by atoms with Gasteiger partial charge in [-0.1, -0.05) is 18.2 Å². The number of likely N-dealkylation sites (tertiary alicyclic amines) is 1. The highest BCUT2D eigenvalue weighted by atomic mass is 16.5. The first-order valence-corrected chi connectivity index (χ1v) is 12.1. The minimum absolute atomic E-state index is 0.373. The van der Waals surface area contributed by atoms with Gasteiger partial charge in [-0.3, -0.25) is 4.90 Å². The zero-order valence-corrected chi connectivity index (χ0v) is 20.6. The normalized spacial score (nSPS) is 14.8. The summed E-state index contributed by atoms with van der Waals surface area (Å²) in [5.74, 6) is 2.51. The number of piperidine rings is 1. The van der Waals surface area contributed by atoms with Crippen molar-refractivity contribution in [3.63, 3.8) is 0 Å². The minimum Gasteiger partial charge on any atom is -0.496 e. The first-order valence-electron chi connectivity index (χ1n) is 12.1. The van der Waals surface area contributed by atoms with E-state index in [4.69, 9.17) is 15.5 Å². The first kappa shape index (κ1) is 24.0. The lowest BCUT2D eigenvalue weighted by Crippen LogP contribution is -2.39. The van der Waals surface area contributed by atoms with Crippen molar-refractivity contribution >= 4 is 28.4 Å². The number of methoxy groups -OCH3 is 1. The molecular formula is C26H37N7O. The number of hydrogen-bond donors (Lipinski definition) is 3. The van der Waals surface area contributed by atoms with Crippen molar-refractivity contribution < 1.29 is 4.74 Å². The smallest absolute Gasteiger partial charge is 0.225 e. The zero-order valence-electron chi connectivity index (χ0n) is 20.6. The van der Waals surface area contributed by atoms with Crippen molar-refractivity contribution in [2.75, 3.05) is 62.9 Å². The molecule has 1 aliphatic heterocycles. The summed E-state index contributed by atoms with van der Waals surface area (Å²) in [7, 11) is 5.92. The van der Waals surface area contributed by atoms with Gasteiger partial charge in [0.05, 0.1) is 12.6 Å². The van der Waals surface area contributed by atoms with Crippen LogP contribution in [0.1, 0.15) is 24.8 Å². The topological polar surface area (TPSA) is 91.6 Å². The van der Waals surface area contributed by atoms with Crippen molar-refractivity contribution in [2.45, 2.75) is 31.8 Å². The van der Waals surface area contributed by atoms with Crippen LogP contribution >= 0.6 is 0 Å². The molecule has 0 spiro atoms. The molecule has 0 radical (unpaired) electrons. The minimum atomic E-state index is 0.373.